The van der Waals surface area contributed by atoms with Crippen LogP contribution in [0.1, 0.15) is 19.8 Å². The van der Waals surface area contributed by atoms with Gasteiger partial charge in [0.25, 0.3) is 0 Å². The van der Waals surface area contributed by atoms with E-state index >= 15 is 0 Å². The predicted molar refractivity (Wildman–Crippen MR) is 46.2 cm³/mol. The Labute approximate surface area is 67.8 Å². The second-order valence-electron chi connectivity index (χ2n) is 3.29. The van der Waals surface area contributed by atoms with Crippen LogP contribution in [0.25, 0.3) is 0 Å². The molecule has 1 aliphatic carbocycles. The third-order valence-electron chi connectivity index (χ3n) is 2.76. The first kappa shape index (κ1) is 8.25. The molecule has 0 aromatic heterocycles. The standard InChI is InChI=1S/C10H14O/c1-4-8-6-7-9(11)10(8,3)5-2/h4-5,8H,1-2,6-7H2,3H3/t8-,10+/m0/s1. The fraction of sp³-hybridized carbons (Fsp3) is 0.500. The van der Waals surface area contributed by atoms with Crippen molar-refractivity contribution in [2.24, 2.45) is 11.3 Å². The van der Waals surface area contributed by atoms with E-state index in [4.69, 9.17) is 0 Å². The van der Waals surface area contributed by atoms with Crippen LogP contribution >= 0.6 is 0 Å². The zero-order chi connectivity index (χ0) is 8.48. The molecule has 1 rings (SSSR count). The molecule has 0 heterocycles. The van der Waals surface area contributed by atoms with Gasteiger partial charge in [-0.05, 0) is 19.3 Å². The minimum Gasteiger partial charge on any atom is -0.299 e. The lowest BCUT2D eigenvalue weighted by Crippen LogP contribution is -2.24. The summed E-state index contributed by atoms with van der Waals surface area (Å²) in [7, 11) is 0. The van der Waals surface area contributed by atoms with Crippen molar-refractivity contribution >= 4 is 5.78 Å². The van der Waals surface area contributed by atoms with E-state index in [0.29, 0.717) is 18.1 Å². The van der Waals surface area contributed by atoms with E-state index in [1.54, 1.807) is 6.08 Å². The molecule has 0 aliphatic heterocycles. The van der Waals surface area contributed by atoms with Crippen molar-refractivity contribution in [3.63, 3.8) is 0 Å². The van der Waals surface area contributed by atoms with Crippen molar-refractivity contribution in [1.82, 2.24) is 0 Å². The number of Topliss-reactive ketones (excluding diaryl/α,β-unsaturated/α-hetero) is 1. The van der Waals surface area contributed by atoms with Gasteiger partial charge in [-0.3, -0.25) is 4.79 Å². The van der Waals surface area contributed by atoms with E-state index in [1.165, 1.54) is 0 Å². The minimum atomic E-state index is -0.332. The number of hydrogen-bond acceptors (Lipinski definition) is 1. The van der Waals surface area contributed by atoms with Crippen LogP contribution in [0.3, 0.4) is 0 Å². The van der Waals surface area contributed by atoms with Crippen molar-refractivity contribution in [2.45, 2.75) is 19.8 Å². The molecule has 0 bridgehead atoms. The van der Waals surface area contributed by atoms with Crippen LogP contribution in [0.5, 0.6) is 0 Å². The van der Waals surface area contributed by atoms with Gasteiger partial charge in [0.15, 0.2) is 0 Å². The molecule has 2 atom stereocenters. The Kier molecular flexibility index (Phi) is 1.99. The molecule has 0 radical (unpaired) electrons. The summed E-state index contributed by atoms with van der Waals surface area (Å²) in [6.45, 7) is 9.36. The molecule has 1 saturated carbocycles. The molecule has 0 saturated heterocycles. The highest BCUT2D eigenvalue weighted by Gasteiger charge is 2.41. The monoisotopic (exact) mass is 150 g/mol. The second-order valence-corrected chi connectivity index (χ2v) is 3.29. The first-order chi connectivity index (χ1) is 5.15. The van der Waals surface area contributed by atoms with Crippen LogP contribution < -0.4 is 0 Å². The molecule has 1 aliphatic rings. The summed E-state index contributed by atoms with van der Waals surface area (Å²) in [6, 6.07) is 0. The third kappa shape index (κ3) is 1.05. The maximum atomic E-state index is 11.4. The Balaban J connectivity index is 2.95. The van der Waals surface area contributed by atoms with Crippen LogP contribution in [0.15, 0.2) is 25.3 Å². The number of carbonyl (C=O) groups excluding carboxylic acids is 1. The van der Waals surface area contributed by atoms with Gasteiger partial charge in [-0.1, -0.05) is 12.2 Å². The fourth-order valence-electron chi connectivity index (χ4n) is 1.69. The van der Waals surface area contributed by atoms with E-state index in [1.807, 2.05) is 13.0 Å². The van der Waals surface area contributed by atoms with Crippen molar-refractivity contribution in [3.05, 3.63) is 25.3 Å². The van der Waals surface area contributed by atoms with Crippen LogP contribution in [0.4, 0.5) is 0 Å². The van der Waals surface area contributed by atoms with Crippen molar-refractivity contribution in [1.29, 1.82) is 0 Å². The Morgan fingerprint density at radius 2 is 2.27 bits per heavy atom. The van der Waals surface area contributed by atoms with E-state index in [9.17, 15) is 4.79 Å². The summed E-state index contributed by atoms with van der Waals surface area (Å²) in [5, 5.41) is 0. The van der Waals surface area contributed by atoms with Crippen LogP contribution in [-0.4, -0.2) is 5.78 Å². The maximum Gasteiger partial charge on any atom is 0.143 e. The average Bonchev–Trinajstić information content (AvgIpc) is 2.30. The molecule has 1 fully saturated rings. The number of rotatable bonds is 2. The van der Waals surface area contributed by atoms with E-state index in [0.717, 1.165) is 6.42 Å². The normalized spacial score (nSPS) is 37.2. The number of carbonyl (C=O) groups is 1. The molecule has 1 heteroatoms. The van der Waals surface area contributed by atoms with Gasteiger partial charge >= 0.3 is 0 Å². The molecule has 60 valence electrons. The third-order valence-corrected chi connectivity index (χ3v) is 2.76. The lowest BCUT2D eigenvalue weighted by molar-refractivity contribution is -0.123. The first-order valence-corrected chi connectivity index (χ1v) is 3.94. The molecular formula is C10H14O. The summed E-state index contributed by atoms with van der Waals surface area (Å²) in [5.74, 6) is 0.602. The van der Waals surface area contributed by atoms with Crippen LogP contribution in [0, 0.1) is 11.3 Å². The average molecular weight is 150 g/mol. The van der Waals surface area contributed by atoms with E-state index in [2.05, 4.69) is 13.2 Å². The van der Waals surface area contributed by atoms with Gasteiger partial charge in [0.2, 0.25) is 0 Å². The molecule has 0 spiro atoms. The van der Waals surface area contributed by atoms with E-state index in [-0.39, 0.29) is 5.41 Å². The highest BCUT2D eigenvalue weighted by atomic mass is 16.1. The molecule has 0 unspecified atom stereocenters. The largest absolute Gasteiger partial charge is 0.299 e. The van der Waals surface area contributed by atoms with Gasteiger partial charge in [0.1, 0.15) is 5.78 Å². The summed E-state index contributed by atoms with van der Waals surface area (Å²) in [5.41, 5.74) is -0.332. The Morgan fingerprint density at radius 1 is 1.64 bits per heavy atom. The lowest BCUT2D eigenvalue weighted by Gasteiger charge is -2.22. The predicted octanol–water partition coefficient (Wildman–Crippen LogP) is 2.34. The summed E-state index contributed by atoms with van der Waals surface area (Å²) in [6.07, 6.45) is 5.24. The van der Waals surface area contributed by atoms with Gasteiger partial charge in [-0.2, -0.15) is 0 Å². The Morgan fingerprint density at radius 3 is 2.64 bits per heavy atom. The summed E-state index contributed by atoms with van der Waals surface area (Å²) in [4.78, 5) is 11.4. The number of ketones is 1. The summed E-state index contributed by atoms with van der Waals surface area (Å²) < 4.78 is 0. The van der Waals surface area contributed by atoms with Crippen LogP contribution in [-0.2, 0) is 4.79 Å². The zero-order valence-corrected chi connectivity index (χ0v) is 6.97. The van der Waals surface area contributed by atoms with Gasteiger partial charge in [-0.25, -0.2) is 0 Å². The Bertz CT molecular complexity index is 205. The molecule has 0 aromatic carbocycles. The van der Waals surface area contributed by atoms with Gasteiger partial charge in [0, 0.05) is 6.42 Å². The fourth-order valence-corrected chi connectivity index (χ4v) is 1.69. The molecular weight excluding hydrogens is 136 g/mol. The summed E-state index contributed by atoms with van der Waals surface area (Å²) >= 11 is 0. The molecule has 0 N–H and O–H groups in total. The zero-order valence-electron chi connectivity index (χ0n) is 6.97. The minimum absolute atomic E-state index is 0.299. The van der Waals surface area contributed by atoms with Crippen LogP contribution in [0.2, 0.25) is 0 Å². The molecule has 0 aromatic rings. The van der Waals surface area contributed by atoms with Crippen molar-refractivity contribution in [3.8, 4) is 0 Å². The van der Waals surface area contributed by atoms with Crippen molar-refractivity contribution in [2.75, 3.05) is 0 Å². The van der Waals surface area contributed by atoms with Gasteiger partial charge in [0.05, 0.1) is 5.41 Å². The molecule has 0 amide bonds. The van der Waals surface area contributed by atoms with E-state index < -0.39 is 0 Å². The lowest BCUT2D eigenvalue weighted by atomic mass is 9.79. The smallest absolute Gasteiger partial charge is 0.143 e. The molecule has 1 nitrogen and oxygen atoms in total. The highest BCUT2D eigenvalue weighted by molar-refractivity contribution is 5.89. The number of hydrogen-bond donors (Lipinski definition) is 0. The first-order valence-electron chi connectivity index (χ1n) is 3.94. The quantitative estimate of drug-likeness (QED) is 0.552. The highest BCUT2D eigenvalue weighted by Crippen LogP contribution is 2.41. The maximum absolute atomic E-state index is 11.4. The van der Waals surface area contributed by atoms with Gasteiger partial charge < -0.3 is 0 Å². The van der Waals surface area contributed by atoms with Crippen molar-refractivity contribution < 1.29 is 4.79 Å². The number of allylic oxidation sites excluding steroid dienone is 2. The molecule has 11 heavy (non-hydrogen) atoms. The second kappa shape index (κ2) is 2.65. The van der Waals surface area contributed by atoms with Gasteiger partial charge in [-0.15, -0.1) is 13.2 Å². The SMILES string of the molecule is C=C[C@H]1CCC(=O)[C@]1(C)C=C. The Hall–Kier alpha value is -0.850. The topological polar surface area (TPSA) is 17.1 Å².